The number of hydrogen-bond acceptors (Lipinski definition) is 2. The fourth-order valence-electron chi connectivity index (χ4n) is 2.27. The van der Waals surface area contributed by atoms with Crippen LogP contribution in [0, 0.1) is 0 Å². The van der Waals surface area contributed by atoms with Crippen molar-refractivity contribution in [2.24, 2.45) is 0 Å². The monoisotopic (exact) mass is 303 g/mol. The van der Waals surface area contributed by atoms with Gasteiger partial charge >= 0.3 is 0 Å². The van der Waals surface area contributed by atoms with Crippen LogP contribution in [0.3, 0.4) is 0 Å². The molecule has 4 heteroatoms. The zero-order valence-electron chi connectivity index (χ0n) is 11.7. The van der Waals surface area contributed by atoms with Crippen molar-refractivity contribution < 1.29 is 5.11 Å². The number of aliphatic hydroxyl groups is 1. The number of unbranched alkanes of at least 4 members (excludes halogenated alkanes) is 2. The number of rotatable bonds is 8. The van der Waals surface area contributed by atoms with Crippen LogP contribution in [0.5, 0.6) is 0 Å². The SMILES string of the molecule is CCCCCC(CO)(Cc1ccc(Cl)c(Cl)c1)NC. The number of nitrogens with one attached hydrogen (secondary N) is 1. The van der Waals surface area contributed by atoms with E-state index in [-0.39, 0.29) is 12.1 Å². The molecule has 0 saturated carbocycles. The molecular formula is C15H23Cl2NO. The van der Waals surface area contributed by atoms with Gasteiger partial charge in [0.25, 0.3) is 0 Å². The van der Waals surface area contributed by atoms with Crippen molar-refractivity contribution in [1.82, 2.24) is 5.32 Å². The number of likely N-dealkylation sites (N-methyl/N-ethyl adjacent to an activating group) is 1. The highest BCUT2D eigenvalue weighted by atomic mass is 35.5. The van der Waals surface area contributed by atoms with Crippen molar-refractivity contribution in [1.29, 1.82) is 0 Å². The third-order valence-electron chi connectivity index (χ3n) is 3.62. The van der Waals surface area contributed by atoms with Gasteiger partial charge in [-0.25, -0.2) is 0 Å². The molecule has 1 atom stereocenters. The number of halogens is 2. The zero-order valence-corrected chi connectivity index (χ0v) is 13.2. The standard InChI is InChI=1S/C15H23Cl2NO/c1-3-4-5-8-15(11-19,18-2)10-12-6-7-13(16)14(17)9-12/h6-7,9,18-19H,3-5,8,10-11H2,1-2H3. The van der Waals surface area contributed by atoms with E-state index in [1.54, 1.807) is 0 Å². The number of hydrogen-bond donors (Lipinski definition) is 2. The summed E-state index contributed by atoms with van der Waals surface area (Å²) in [4.78, 5) is 0. The van der Waals surface area contributed by atoms with Crippen LogP contribution in [0.2, 0.25) is 10.0 Å². The predicted octanol–water partition coefficient (Wildman–Crippen LogP) is 4.07. The van der Waals surface area contributed by atoms with E-state index in [0.717, 1.165) is 24.8 Å². The second kappa shape index (κ2) is 8.11. The fourth-order valence-corrected chi connectivity index (χ4v) is 2.59. The third kappa shape index (κ3) is 4.96. The van der Waals surface area contributed by atoms with Gasteiger partial charge in [-0.05, 0) is 37.6 Å². The van der Waals surface area contributed by atoms with E-state index in [1.165, 1.54) is 12.8 Å². The van der Waals surface area contributed by atoms with E-state index >= 15 is 0 Å². The molecule has 2 nitrogen and oxygen atoms in total. The lowest BCUT2D eigenvalue weighted by Crippen LogP contribution is -2.48. The highest BCUT2D eigenvalue weighted by Crippen LogP contribution is 2.26. The van der Waals surface area contributed by atoms with Crippen molar-refractivity contribution >= 4 is 23.2 Å². The average Bonchev–Trinajstić information content (AvgIpc) is 2.42. The van der Waals surface area contributed by atoms with Gasteiger partial charge in [0.2, 0.25) is 0 Å². The van der Waals surface area contributed by atoms with Gasteiger partial charge in [0.05, 0.1) is 16.7 Å². The van der Waals surface area contributed by atoms with Crippen LogP contribution in [-0.4, -0.2) is 24.3 Å². The van der Waals surface area contributed by atoms with E-state index in [0.29, 0.717) is 10.0 Å². The van der Waals surface area contributed by atoms with Gasteiger partial charge in [-0.1, -0.05) is 55.5 Å². The Morgan fingerprint density at radius 1 is 1.21 bits per heavy atom. The number of aliphatic hydroxyl groups excluding tert-OH is 1. The molecule has 0 heterocycles. The maximum absolute atomic E-state index is 9.74. The van der Waals surface area contributed by atoms with Gasteiger partial charge < -0.3 is 10.4 Å². The maximum Gasteiger partial charge on any atom is 0.0616 e. The minimum absolute atomic E-state index is 0.119. The lowest BCUT2D eigenvalue weighted by molar-refractivity contribution is 0.155. The van der Waals surface area contributed by atoms with Crippen molar-refractivity contribution in [3.05, 3.63) is 33.8 Å². The molecule has 19 heavy (non-hydrogen) atoms. The molecule has 2 N–H and O–H groups in total. The summed E-state index contributed by atoms with van der Waals surface area (Å²) in [7, 11) is 1.90. The molecule has 0 amide bonds. The summed E-state index contributed by atoms with van der Waals surface area (Å²) in [5.41, 5.74) is 0.820. The normalized spacial score (nSPS) is 14.4. The molecule has 0 aliphatic rings. The van der Waals surface area contributed by atoms with Crippen molar-refractivity contribution in [2.75, 3.05) is 13.7 Å². The average molecular weight is 304 g/mol. The summed E-state index contributed by atoms with van der Waals surface area (Å²) in [6, 6.07) is 5.66. The largest absolute Gasteiger partial charge is 0.394 e. The lowest BCUT2D eigenvalue weighted by Gasteiger charge is -2.32. The van der Waals surface area contributed by atoms with E-state index < -0.39 is 0 Å². The van der Waals surface area contributed by atoms with E-state index in [4.69, 9.17) is 23.2 Å². The molecule has 0 fully saturated rings. The molecule has 1 aromatic carbocycles. The molecule has 0 bridgehead atoms. The zero-order chi connectivity index (χ0) is 14.3. The molecule has 0 aromatic heterocycles. The Kier molecular flexibility index (Phi) is 7.16. The summed E-state index contributed by atoms with van der Waals surface area (Å²) in [5.74, 6) is 0. The van der Waals surface area contributed by atoms with Gasteiger partial charge in [-0.2, -0.15) is 0 Å². The van der Waals surface area contributed by atoms with E-state index in [2.05, 4.69) is 12.2 Å². The Balaban J connectivity index is 2.78. The minimum atomic E-state index is -0.271. The molecule has 0 saturated heterocycles. The van der Waals surface area contributed by atoms with Crippen molar-refractivity contribution in [3.8, 4) is 0 Å². The summed E-state index contributed by atoms with van der Waals surface area (Å²) < 4.78 is 0. The third-order valence-corrected chi connectivity index (χ3v) is 4.36. The van der Waals surface area contributed by atoms with Gasteiger partial charge in [0.15, 0.2) is 0 Å². The summed E-state index contributed by atoms with van der Waals surface area (Å²) in [5, 5.41) is 14.2. The first kappa shape index (κ1) is 16.8. The summed E-state index contributed by atoms with van der Waals surface area (Å²) in [6.07, 6.45) is 5.18. The van der Waals surface area contributed by atoms with Crippen molar-refractivity contribution in [3.63, 3.8) is 0 Å². The van der Waals surface area contributed by atoms with Gasteiger partial charge in [0, 0.05) is 5.54 Å². The molecule has 0 aliphatic heterocycles. The van der Waals surface area contributed by atoms with Crippen LogP contribution < -0.4 is 5.32 Å². The van der Waals surface area contributed by atoms with E-state index in [9.17, 15) is 5.11 Å². The summed E-state index contributed by atoms with van der Waals surface area (Å²) in [6.45, 7) is 2.30. The fraction of sp³-hybridized carbons (Fsp3) is 0.600. The van der Waals surface area contributed by atoms with Crippen LogP contribution in [-0.2, 0) is 6.42 Å². The predicted molar refractivity (Wildman–Crippen MR) is 83.2 cm³/mol. The van der Waals surface area contributed by atoms with Crippen LogP contribution in [0.25, 0.3) is 0 Å². The number of benzene rings is 1. The quantitative estimate of drug-likeness (QED) is 0.710. The highest BCUT2D eigenvalue weighted by Gasteiger charge is 2.27. The van der Waals surface area contributed by atoms with Crippen LogP contribution in [0.4, 0.5) is 0 Å². The second-order valence-electron chi connectivity index (χ2n) is 5.07. The van der Waals surface area contributed by atoms with Gasteiger partial charge in [-0.3, -0.25) is 0 Å². The molecule has 0 spiro atoms. The topological polar surface area (TPSA) is 32.3 Å². The molecule has 1 rings (SSSR count). The van der Waals surface area contributed by atoms with Gasteiger partial charge in [-0.15, -0.1) is 0 Å². The Morgan fingerprint density at radius 2 is 1.95 bits per heavy atom. The van der Waals surface area contributed by atoms with Crippen LogP contribution >= 0.6 is 23.2 Å². The lowest BCUT2D eigenvalue weighted by atomic mass is 9.86. The molecular weight excluding hydrogens is 281 g/mol. The molecule has 0 radical (unpaired) electrons. The van der Waals surface area contributed by atoms with Gasteiger partial charge in [0.1, 0.15) is 0 Å². The first-order valence-corrected chi connectivity index (χ1v) is 7.56. The molecule has 1 unspecified atom stereocenters. The molecule has 108 valence electrons. The Bertz CT molecular complexity index is 392. The Hall–Kier alpha value is -0.280. The Labute approximate surface area is 126 Å². The van der Waals surface area contributed by atoms with Crippen LogP contribution in [0.1, 0.15) is 38.2 Å². The highest BCUT2D eigenvalue weighted by molar-refractivity contribution is 6.42. The summed E-state index contributed by atoms with van der Waals surface area (Å²) >= 11 is 12.0. The minimum Gasteiger partial charge on any atom is -0.394 e. The smallest absolute Gasteiger partial charge is 0.0616 e. The first-order valence-electron chi connectivity index (χ1n) is 6.80. The second-order valence-corrected chi connectivity index (χ2v) is 5.89. The first-order chi connectivity index (χ1) is 9.06. The Morgan fingerprint density at radius 3 is 2.47 bits per heavy atom. The maximum atomic E-state index is 9.74. The van der Waals surface area contributed by atoms with E-state index in [1.807, 2.05) is 25.2 Å². The van der Waals surface area contributed by atoms with Crippen LogP contribution in [0.15, 0.2) is 18.2 Å². The molecule has 1 aromatic rings. The molecule has 0 aliphatic carbocycles. The van der Waals surface area contributed by atoms with Crippen molar-refractivity contribution in [2.45, 2.75) is 44.6 Å².